The molecule has 0 unspecified atom stereocenters. The van der Waals surface area contributed by atoms with Crippen molar-refractivity contribution in [3.63, 3.8) is 0 Å². The molecular weight excluding hydrogens is 266 g/mol. The van der Waals surface area contributed by atoms with Crippen molar-refractivity contribution < 1.29 is 9.47 Å². The molecule has 1 aromatic heterocycles. The standard InChI is InChI=1S/C13H16ClN3O2/c1-17-9(4-5-16-17)8-15-11-7-12(18-2)10(14)6-13(11)19-3/h4-7,15H,8H2,1-3H3. The molecule has 2 rings (SSSR count). The Morgan fingerprint density at radius 3 is 2.58 bits per heavy atom. The van der Waals surface area contributed by atoms with Gasteiger partial charge in [0.1, 0.15) is 11.5 Å². The summed E-state index contributed by atoms with van der Waals surface area (Å²) in [7, 11) is 5.09. The van der Waals surface area contributed by atoms with E-state index in [0.717, 1.165) is 11.4 Å². The van der Waals surface area contributed by atoms with Crippen LogP contribution in [0.15, 0.2) is 24.4 Å². The van der Waals surface area contributed by atoms with E-state index < -0.39 is 0 Å². The number of methoxy groups -OCH3 is 2. The van der Waals surface area contributed by atoms with Gasteiger partial charge in [0.2, 0.25) is 0 Å². The number of aromatic nitrogens is 2. The number of nitrogens with one attached hydrogen (secondary N) is 1. The minimum Gasteiger partial charge on any atom is -0.495 e. The van der Waals surface area contributed by atoms with Crippen molar-refractivity contribution in [2.75, 3.05) is 19.5 Å². The molecule has 5 nitrogen and oxygen atoms in total. The molecular formula is C13H16ClN3O2. The number of hydrogen-bond donors (Lipinski definition) is 1. The van der Waals surface area contributed by atoms with Gasteiger partial charge in [0.25, 0.3) is 0 Å². The second kappa shape index (κ2) is 5.84. The van der Waals surface area contributed by atoms with Crippen LogP contribution in [0.3, 0.4) is 0 Å². The summed E-state index contributed by atoms with van der Waals surface area (Å²) in [5.74, 6) is 1.28. The number of rotatable bonds is 5. The Kier molecular flexibility index (Phi) is 4.16. The summed E-state index contributed by atoms with van der Waals surface area (Å²) in [6.45, 7) is 0.637. The van der Waals surface area contributed by atoms with E-state index in [-0.39, 0.29) is 0 Å². The Morgan fingerprint density at radius 1 is 1.26 bits per heavy atom. The van der Waals surface area contributed by atoms with Crippen LogP contribution < -0.4 is 14.8 Å². The SMILES string of the molecule is COc1cc(NCc2ccnn2C)c(OC)cc1Cl. The minimum absolute atomic E-state index is 0.519. The van der Waals surface area contributed by atoms with E-state index >= 15 is 0 Å². The van der Waals surface area contributed by atoms with Crippen LogP contribution in [-0.2, 0) is 13.6 Å². The first kappa shape index (κ1) is 13.5. The highest BCUT2D eigenvalue weighted by atomic mass is 35.5. The molecule has 1 heterocycles. The molecule has 0 aliphatic carbocycles. The molecule has 1 N–H and O–H groups in total. The van der Waals surface area contributed by atoms with Gasteiger partial charge in [-0.25, -0.2) is 0 Å². The van der Waals surface area contributed by atoms with Crippen molar-refractivity contribution in [3.8, 4) is 11.5 Å². The second-order valence-corrected chi connectivity index (χ2v) is 4.39. The minimum atomic E-state index is 0.519. The van der Waals surface area contributed by atoms with Gasteiger partial charge in [-0.3, -0.25) is 4.68 Å². The van der Waals surface area contributed by atoms with E-state index in [1.54, 1.807) is 26.5 Å². The van der Waals surface area contributed by atoms with E-state index in [0.29, 0.717) is 23.1 Å². The van der Waals surface area contributed by atoms with Gasteiger partial charge in [-0.1, -0.05) is 11.6 Å². The third-order valence-corrected chi connectivity index (χ3v) is 3.15. The maximum Gasteiger partial charge on any atom is 0.143 e. The molecule has 0 fully saturated rings. The maximum atomic E-state index is 6.06. The summed E-state index contributed by atoms with van der Waals surface area (Å²) in [5.41, 5.74) is 1.89. The Labute approximate surface area is 117 Å². The smallest absolute Gasteiger partial charge is 0.143 e. The van der Waals surface area contributed by atoms with Gasteiger partial charge in [-0.15, -0.1) is 0 Å². The van der Waals surface area contributed by atoms with Crippen LogP contribution in [0.5, 0.6) is 11.5 Å². The molecule has 0 amide bonds. The Morgan fingerprint density at radius 2 is 2.00 bits per heavy atom. The van der Waals surface area contributed by atoms with Crippen molar-refractivity contribution in [2.24, 2.45) is 7.05 Å². The van der Waals surface area contributed by atoms with E-state index in [4.69, 9.17) is 21.1 Å². The fourth-order valence-electron chi connectivity index (χ4n) is 1.76. The van der Waals surface area contributed by atoms with E-state index in [2.05, 4.69) is 10.4 Å². The predicted octanol–water partition coefficient (Wildman–Crippen LogP) is 2.70. The van der Waals surface area contributed by atoms with Crippen molar-refractivity contribution in [2.45, 2.75) is 6.54 Å². The second-order valence-electron chi connectivity index (χ2n) is 3.99. The summed E-state index contributed by atoms with van der Waals surface area (Å²) in [5, 5.41) is 7.92. The molecule has 102 valence electrons. The normalized spacial score (nSPS) is 10.3. The Balaban J connectivity index is 2.21. The highest BCUT2D eigenvalue weighted by Gasteiger charge is 2.10. The molecule has 0 aliphatic heterocycles. The molecule has 0 atom stereocenters. The van der Waals surface area contributed by atoms with Gasteiger partial charge >= 0.3 is 0 Å². The molecule has 19 heavy (non-hydrogen) atoms. The lowest BCUT2D eigenvalue weighted by Crippen LogP contribution is -2.06. The van der Waals surface area contributed by atoms with Crippen molar-refractivity contribution in [3.05, 3.63) is 35.1 Å². The van der Waals surface area contributed by atoms with Crippen LogP contribution in [0.2, 0.25) is 5.02 Å². The molecule has 0 saturated heterocycles. The maximum absolute atomic E-state index is 6.06. The molecule has 2 aromatic rings. The van der Waals surface area contributed by atoms with Gasteiger partial charge in [-0.05, 0) is 6.07 Å². The van der Waals surface area contributed by atoms with Crippen LogP contribution in [-0.4, -0.2) is 24.0 Å². The fraction of sp³-hybridized carbons (Fsp3) is 0.308. The topological polar surface area (TPSA) is 48.3 Å². The van der Waals surface area contributed by atoms with Gasteiger partial charge in [0.15, 0.2) is 0 Å². The summed E-state index contributed by atoms with van der Waals surface area (Å²) in [6.07, 6.45) is 1.76. The van der Waals surface area contributed by atoms with Crippen molar-refractivity contribution >= 4 is 17.3 Å². The molecule has 0 bridgehead atoms. The lowest BCUT2D eigenvalue weighted by atomic mass is 10.2. The van der Waals surface area contributed by atoms with Crippen LogP contribution in [0, 0.1) is 0 Å². The Hall–Kier alpha value is -1.88. The summed E-state index contributed by atoms with van der Waals surface area (Å²) in [4.78, 5) is 0. The number of aryl methyl sites for hydroxylation is 1. The first-order valence-corrected chi connectivity index (χ1v) is 6.15. The van der Waals surface area contributed by atoms with Gasteiger partial charge in [0.05, 0.1) is 37.2 Å². The predicted molar refractivity (Wildman–Crippen MR) is 75.1 cm³/mol. The van der Waals surface area contributed by atoms with Crippen LogP contribution in [0.4, 0.5) is 5.69 Å². The van der Waals surface area contributed by atoms with E-state index in [9.17, 15) is 0 Å². The molecule has 6 heteroatoms. The van der Waals surface area contributed by atoms with Gasteiger partial charge in [-0.2, -0.15) is 5.10 Å². The first-order valence-electron chi connectivity index (χ1n) is 5.78. The number of ether oxygens (including phenoxy) is 2. The molecule has 0 radical (unpaired) electrons. The third kappa shape index (κ3) is 2.93. The Bertz CT molecular complexity index is 569. The number of anilines is 1. The average Bonchev–Trinajstić information content (AvgIpc) is 2.82. The van der Waals surface area contributed by atoms with Crippen molar-refractivity contribution in [1.82, 2.24) is 9.78 Å². The van der Waals surface area contributed by atoms with Crippen LogP contribution in [0.1, 0.15) is 5.69 Å². The fourth-order valence-corrected chi connectivity index (χ4v) is 1.99. The highest BCUT2D eigenvalue weighted by Crippen LogP contribution is 2.35. The molecule has 0 saturated carbocycles. The highest BCUT2D eigenvalue weighted by molar-refractivity contribution is 6.32. The number of halogens is 1. The zero-order valence-electron chi connectivity index (χ0n) is 11.1. The number of nitrogens with zero attached hydrogens (tertiary/aromatic N) is 2. The molecule has 0 spiro atoms. The monoisotopic (exact) mass is 281 g/mol. The largest absolute Gasteiger partial charge is 0.495 e. The van der Waals surface area contributed by atoms with Crippen LogP contribution in [0.25, 0.3) is 0 Å². The summed E-state index contributed by atoms with van der Waals surface area (Å²) >= 11 is 6.06. The van der Waals surface area contributed by atoms with E-state index in [1.165, 1.54) is 0 Å². The van der Waals surface area contributed by atoms with Crippen LogP contribution >= 0.6 is 11.6 Å². The number of hydrogen-bond acceptors (Lipinski definition) is 4. The lowest BCUT2D eigenvalue weighted by Gasteiger charge is -2.14. The summed E-state index contributed by atoms with van der Waals surface area (Å²) in [6, 6.07) is 5.50. The van der Waals surface area contributed by atoms with Gasteiger partial charge < -0.3 is 14.8 Å². The molecule has 1 aromatic carbocycles. The quantitative estimate of drug-likeness (QED) is 0.915. The third-order valence-electron chi connectivity index (χ3n) is 2.86. The zero-order valence-corrected chi connectivity index (χ0v) is 11.9. The van der Waals surface area contributed by atoms with Crippen molar-refractivity contribution in [1.29, 1.82) is 0 Å². The molecule has 0 aliphatic rings. The summed E-state index contributed by atoms with van der Waals surface area (Å²) < 4.78 is 12.3. The average molecular weight is 282 g/mol. The van der Waals surface area contributed by atoms with Gasteiger partial charge in [0, 0.05) is 25.4 Å². The lowest BCUT2D eigenvalue weighted by molar-refractivity contribution is 0.404. The number of benzene rings is 1. The van der Waals surface area contributed by atoms with E-state index in [1.807, 2.05) is 23.9 Å². The first-order chi connectivity index (χ1) is 9.15. The zero-order chi connectivity index (χ0) is 13.8.